The highest BCUT2D eigenvalue weighted by Gasteiger charge is 2.37. The number of nitrogens with zero attached hydrogens (tertiary/aromatic N) is 2. The van der Waals surface area contributed by atoms with Crippen LogP contribution < -0.4 is 15.0 Å². The van der Waals surface area contributed by atoms with Gasteiger partial charge in [0, 0.05) is 23.8 Å². The first-order chi connectivity index (χ1) is 15.9. The SMILES string of the molecule is CN1C(=CC=C(C#N)C(=O)Nc2ccccc2Oc2ccccc2)C(C)(C)c2ccccc21. The van der Waals surface area contributed by atoms with Gasteiger partial charge in [-0.2, -0.15) is 5.26 Å². The molecule has 0 aromatic heterocycles. The maximum absolute atomic E-state index is 12.9. The molecule has 4 rings (SSSR count). The second-order valence-electron chi connectivity index (χ2n) is 8.31. The van der Waals surface area contributed by atoms with Crippen LogP contribution in [0.25, 0.3) is 0 Å². The third kappa shape index (κ3) is 4.37. The molecule has 0 fully saturated rings. The Morgan fingerprint density at radius 1 is 1.00 bits per heavy atom. The van der Waals surface area contributed by atoms with Gasteiger partial charge in [-0.05, 0) is 48.0 Å². The average molecular weight is 436 g/mol. The van der Waals surface area contributed by atoms with Gasteiger partial charge in [0.05, 0.1) is 5.69 Å². The molecule has 0 saturated carbocycles. The zero-order chi connectivity index (χ0) is 23.4. The Morgan fingerprint density at radius 2 is 1.67 bits per heavy atom. The molecule has 0 aliphatic carbocycles. The van der Waals surface area contributed by atoms with E-state index < -0.39 is 5.91 Å². The molecular weight excluding hydrogens is 410 g/mol. The van der Waals surface area contributed by atoms with Crippen LogP contribution in [0.4, 0.5) is 11.4 Å². The van der Waals surface area contributed by atoms with Crippen molar-refractivity contribution in [2.75, 3.05) is 17.3 Å². The Labute approximate surface area is 194 Å². The number of carbonyl (C=O) groups is 1. The van der Waals surface area contributed by atoms with E-state index in [4.69, 9.17) is 4.74 Å². The molecule has 1 N–H and O–H groups in total. The largest absolute Gasteiger partial charge is 0.455 e. The molecule has 3 aromatic carbocycles. The van der Waals surface area contributed by atoms with E-state index in [0.29, 0.717) is 17.2 Å². The minimum atomic E-state index is -0.491. The molecule has 1 amide bonds. The molecule has 0 bridgehead atoms. The lowest BCUT2D eigenvalue weighted by Crippen LogP contribution is -2.22. The van der Waals surface area contributed by atoms with Gasteiger partial charge in [0.1, 0.15) is 17.4 Å². The van der Waals surface area contributed by atoms with Crippen molar-refractivity contribution in [2.24, 2.45) is 0 Å². The van der Waals surface area contributed by atoms with Crippen molar-refractivity contribution in [3.63, 3.8) is 0 Å². The van der Waals surface area contributed by atoms with E-state index >= 15 is 0 Å². The van der Waals surface area contributed by atoms with Crippen molar-refractivity contribution in [1.82, 2.24) is 0 Å². The number of ether oxygens (including phenoxy) is 1. The molecule has 164 valence electrons. The molecular formula is C28H25N3O2. The molecule has 0 saturated heterocycles. The van der Waals surface area contributed by atoms with Gasteiger partial charge in [0.25, 0.3) is 5.91 Å². The maximum atomic E-state index is 12.9. The predicted molar refractivity (Wildman–Crippen MR) is 131 cm³/mol. The fraction of sp³-hybridized carbons (Fsp3) is 0.143. The molecule has 0 radical (unpaired) electrons. The third-order valence-corrected chi connectivity index (χ3v) is 5.82. The summed E-state index contributed by atoms with van der Waals surface area (Å²) in [5.74, 6) is 0.667. The lowest BCUT2D eigenvalue weighted by atomic mass is 9.83. The molecule has 0 spiro atoms. The van der Waals surface area contributed by atoms with Gasteiger partial charge in [0.2, 0.25) is 0 Å². The average Bonchev–Trinajstić information content (AvgIpc) is 3.02. The van der Waals surface area contributed by atoms with E-state index in [2.05, 4.69) is 36.2 Å². The molecule has 5 nitrogen and oxygen atoms in total. The van der Waals surface area contributed by atoms with Crippen LogP contribution in [0.5, 0.6) is 11.5 Å². The van der Waals surface area contributed by atoms with Crippen molar-refractivity contribution in [2.45, 2.75) is 19.3 Å². The molecule has 3 aromatic rings. The molecule has 1 aliphatic heterocycles. The number of amides is 1. The first-order valence-electron chi connectivity index (χ1n) is 10.7. The monoisotopic (exact) mass is 435 g/mol. The first kappa shape index (κ1) is 21.9. The number of fused-ring (bicyclic) bond motifs is 1. The van der Waals surface area contributed by atoms with Crippen LogP contribution in [-0.2, 0) is 10.2 Å². The summed E-state index contributed by atoms with van der Waals surface area (Å²) in [5, 5.41) is 12.5. The van der Waals surface area contributed by atoms with Gasteiger partial charge < -0.3 is 15.0 Å². The number of nitriles is 1. The number of allylic oxidation sites excluding steroid dienone is 3. The summed E-state index contributed by atoms with van der Waals surface area (Å²) < 4.78 is 5.91. The quantitative estimate of drug-likeness (QED) is 0.384. The number of rotatable bonds is 5. The van der Waals surface area contributed by atoms with Gasteiger partial charge in [-0.3, -0.25) is 4.79 Å². The zero-order valence-electron chi connectivity index (χ0n) is 18.9. The van der Waals surface area contributed by atoms with Crippen LogP contribution in [0.1, 0.15) is 19.4 Å². The van der Waals surface area contributed by atoms with Crippen molar-refractivity contribution in [3.8, 4) is 17.6 Å². The zero-order valence-corrected chi connectivity index (χ0v) is 18.9. The molecule has 5 heteroatoms. The molecule has 0 unspecified atom stereocenters. The van der Waals surface area contributed by atoms with E-state index in [1.165, 1.54) is 5.56 Å². The highest BCUT2D eigenvalue weighted by Crippen LogP contribution is 2.46. The fourth-order valence-electron chi connectivity index (χ4n) is 4.09. The summed E-state index contributed by atoms with van der Waals surface area (Å²) in [6, 6.07) is 26.7. The van der Waals surface area contributed by atoms with Gasteiger partial charge in [-0.1, -0.05) is 62.4 Å². The number of anilines is 2. The number of nitrogens with one attached hydrogen (secondary N) is 1. The summed E-state index contributed by atoms with van der Waals surface area (Å²) in [4.78, 5) is 15.0. The van der Waals surface area contributed by atoms with E-state index in [9.17, 15) is 10.1 Å². The van der Waals surface area contributed by atoms with Crippen molar-refractivity contribution >= 4 is 17.3 Å². The summed E-state index contributed by atoms with van der Waals surface area (Å²) in [5.41, 5.74) is 3.61. The van der Waals surface area contributed by atoms with Crippen molar-refractivity contribution in [1.29, 1.82) is 5.26 Å². The third-order valence-electron chi connectivity index (χ3n) is 5.82. The lowest BCUT2D eigenvalue weighted by molar-refractivity contribution is -0.112. The van der Waals surface area contributed by atoms with E-state index in [1.807, 2.05) is 67.7 Å². The minimum absolute atomic E-state index is 0.0113. The summed E-state index contributed by atoms with van der Waals surface area (Å²) in [6.45, 7) is 4.27. The molecule has 1 heterocycles. The van der Waals surface area contributed by atoms with E-state index in [-0.39, 0.29) is 11.0 Å². The normalized spacial score (nSPS) is 15.6. The van der Waals surface area contributed by atoms with Crippen LogP contribution in [-0.4, -0.2) is 13.0 Å². The fourth-order valence-corrected chi connectivity index (χ4v) is 4.09. The van der Waals surface area contributed by atoms with Crippen LogP contribution in [0.2, 0.25) is 0 Å². The van der Waals surface area contributed by atoms with Gasteiger partial charge in [0.15, 0.2) is 5.75 Å². The predicted octanol–water partition coefficient (Wildman–Crippen LogP) is 6.18. The molecule has 33 heavy (non-hydrogen) atoms. The topological polar surface area (TPSA) is 65.4 Å². The Morgan fingerprint density at radius 3 is 2.39 bits per heavy atom. The Bertz CT molecular complexity index is 1280. The number of para-hydroxylation sites is 4. The van der Waals surface area contributed by atoms with E-state index in [1.54, 1.807) is 24.3 Å². The van der Waals surface area contributed by atoms with Crippen LogP contribution in [0.3, 0.4) is 0 Å². The Balaban J connectivity index is 1.58. The number of likely N-dealkylation sites (N-methyl/N-ethyl adjacent to an activating group) is 1. The number of benzene rings is 3. The van der Waals surface area contributed by atoms with Crippen LogP contribution in [0, 0.1) is 11.3 Å². The van der Waals surface area contributed by atoms with E-state index in [0.717, 1.165) is 11.4 Å². The first-order valence-corrected chi connectivity index (χ1v) is 10.7. The highest BCUT2D eigenvalue weighted by molar-refractivity contribution is 6.07. The van der Waals surface area contributed by atoms with Crippen molar-refractivity contribution < 1.29 is 9.53 Å². The van der Waals surface area contributed by atoms with Crippen LogP contribution >= 0.6 is 0 Å². The van der Waals surface area contributed by atoms with Gasteiger partial charge in [-0.25, -0.2) is 0 Å². The Kier molecular flexibility index (Phi) is 6.01. The van der Waals surface area contributed by atoms with Gasteiger partial charge >= 0.3 is 0 Å². The molecule has 0 atom stereocenters. The van der Waals surface area contributed by atoms with Gasteiger partial charge in [-0.15, -0.1) is 0 Å². The Hall–Kier alpha value is -4.30. The summed E-state index contributed by atoms with van der Waals surface area (Å²) in [7, 11) is 2.00. The minimum Gasteiger partial charge on any atom is -0.455 e. The maximum Gasteiger partial charge on any atom is 0.266 e. The number of hydrogen-bond donors (Lipinski definition) is 1. The number of carbonyl (C=O) groups excluding carboxylic acids is 1. The second-order valence-corrected chi connectivity index (χ2v) is 8.31. The van der Waals surface area contributed by atoms with Crippen LogP contribution in [0.15, 0.2) is 102 Å². The highest BCUT2D eigenvalue weighted by atomic mass is 16.5. The standard InChI is InChI=1S/C28H25N3O2/c1-28(2)22-13-7-9-15-24(22)31(3)26(28)18-17-20(19-29)27(32)30-23-14-8-10-16-25(23)33-21-11-5-4-6-12-21/h4-18H,1-3H3,(H,30,32). The summed E-state index contributed by atoms with van der Waals surface area (Å²) >= 11 is 0. The molecule has 1 aliphatic rings. The lowest BCUT2D eigenvalue weighted by Gasteiger charge is -2.23. The van der Waals surface area contributed by atoms with Crippen molar-refractivity contribution in [3.05, 3.63) is 108 Å². The summed E-state index contributed by atoms with van der Waals surface area (Å²) in [6.07, 6.45) is 3.43. The number of hydrogen-bond acceptors (Lipinski definition) is 4. The smallest absolute Gasteiger partial charge is 0.266 e. The second kappa shape index (κ2) is 9.05.